The summed E-state index contributed by atoms with van der Waals surface area (Å²) in [5.41, 5.74) is 4.35. The molecule has 0 spiro atoms. The van der Waals surface area contributed by atoms with Crippen LogP contribution in [0.3, 0.4) is 0 Å². The molecule has 5 heteroatoms. The predicted octanol–water partition coefficient (Wildman–Crippen LogP) is 4.28. The molecular weight excluding hydrogens is 336 g/mol. The predicted molar refractivity (Wildman–Crippen MR) is 108 cm³/mol. The number of fused-ring (bicyclic) bond motifs is 1. The lowest BCUT2D eigenvalue weighted by Gasteiger charge is -2.22. The number of rotatable bonds is 5. The van der Waals surface area contributed by atoms with Crippen LogP contribution in [-0.2, 0) is 11.2 Å². The van der Waals surface area contributed by atoms with Crippen LogP contribution in [0.25, 0.3) is 5.65 Å². The standard InChI is InChI=1S/C22H20N4O/c1-25(18-9-3-2-4-10-18)20-12-6-5-11-19(20)24-22(27)15-17-16-26-14-8-7-13-21(26)23-17/h2-14,16H,15H2,1H3,(H,24,27). The van der Waals surface area contributed by atoms with Crippen molar-refractivity contribution in [3.8, 4) is 0 Å². The maximum Gasteiger partial charge on any atom is 0.230 e. The van der Waals surface area contributed by atoms with Crippen LogP contribution in [0, 0.1) is 0 Å². The van der Waals surface area contributed by atoms with Gasteiger partial charge in [0.25, 0.3) is 0 Å². The number of carbonyl (C=O) groups is 1. The molecule has 2 aromatic carbocycles. The highest BCUT2D eigenvalue weighted by Crippen LogP contribution is 2.30. The molecule has 0 atom stereocenters. The Morgan fingerprint density at radius 2 is 1.74 bits per heavy atom. The number of amides is 1. The number of hydrogen-bond donors (Lipinski definition) is 1. The molecule has 0 aliphatic rings. The Morgan fingerprint density at radius 1 is 1.00 bits per heavy atom. The van der Waals surface area contributed by atoms with Gasteiger partial charge in [-0.1, -0.05) is 36.4 Å². The summed E-state index contributed by atoms with van der Waals surface area (Å²) in [6, 6.07) is 23.6. The molecule has 2 heterocycles. The van der Waals surface area contributed by atoms with Crippen molar-refractivity contribution in [2.45, 2.75) is 6.42 Å². The summed E-state index contributed by atoms with van der Waals surface area (Å²) in [6.45, 7) is 0. The fraction of sp³-hybridized carbons (Fsp3) is 0.0909. The number of carbonyl (C=O) groups excluding carboxylic acids is 1. The molecule has 0 saturated heterocycles. The summed E-state index contributed by atoms with van der Waals surface area (Å²) in [5, 5.41) is 3.02. The van der Waals surface area contributed by atoms with Crippen LogP contribution < -0.4 is 10.2 Å². The molecular formula is C22H20N4O. The minimum Gasteiger partial charge on any atom is -0.343 e. The van der Waals surface area contributed by atoms with Crippen LogP contribution in [0.5, 0.6) is 0 Å². The molecule has 5 nitrogen and oxygen atoms in total. The van der Waals surface area contributed by atoms with E-state index in [2.05, 4.69) is 15.2 Å². The fourth-order valence-electron chi connectivity index (χ4n) is 3.09. The van der Waals surface area contributed by atoms with Gasteiger partial charge < -0.3 is 14.6 Å². The Kier molecular flexibility index (Phi) is 4.58. The molecule has 1 N–H and O–H groups in total. The number of nitrogens with zero attached hydrogens (tertiary/aromatic N) is 3. The fourth-order valence-corrected chi connectivity index (χ4v) is 3.09. The minimum atomic E-state index is -0.0904. The van der Waals surface area contributed by atoms with Crippen molar-refractivity contribution in [2.24, 2.45) is 0 Å². The average molecular weight is 356 g/mol. The van der Waals surface area contributed by atoms with E-state index in [1.165, 1.54) is 0 Å². The van der Waals surface area contributed by atoms with Gasteiger partial charge in [0, 0.05) is 25.1 Å². The highest BCUT2D eigenvalue weighted by atomic mass is 16.1. The third-order valence-electron chi connectivity index (χ3n) is 4.44. The van der Waals surface area contributed by atoms with E-state index < -0.39 is 0 Å². The lowest BCUT2D eigenvalue weighted by molar-refractivity contribution is -0.115. The molecule has 27 heavy (non-hydrogen) atoms. The van der Waals surface area contributed by atoms with Crippen LogP contribution in [0.15, 0.2) is 85.2 Å². The molecule has 0 unspecified atom stereocenters. The van der Waals surface area contributed by atoms with Crippen molar-refractivity contribution in [3.05, 3.63) is 90.9 Å². The second kappa shape index (κ2) is 7.33. The van der Waals surface area contributed by atoms with Gasteiger partial charge >= 0.3 is 0 Å². The Morgan fingerprint density at radius 3 is 2.56 bits per heavy atom. The van der Waals surface area contributed by atoms with Crippen LogP contribution in [0.1, 0.15) is 5.69 Å². The van der Waals surface area contributed by atoms with E-state index in [1.54, 1.807) is 0 Å². The Balaban J connectivity index is 1.53. The van der Waals surface area contributed by atoms with Crippen molar-refractivity contribution in [3.63, 3.8) is 0 Å². The SMILES string of the molecule is CN(c1ccccc1)c1ccccc1NC(=O)Cc1cn2ccccc2n1. The first-order valence-corrected chi connectivity index (χ1v) is 8.81. The molecule has 0 saturated carbocycles. The molecule has 4 aromatic rings. The van der Waals surface area contributed by atoms with Crippen LogP contribution >= 0.6 is 0 Å². The van der Waals surface area contributed by atoms with Gasteiger partial charge in [-0.3, -0.25) is 4.79 Å². The molecule has 4 rings (SSSR count). The molecule has 0 bridgehead atoms. The maximum atomic E-state index is 12.6. The minimum absolute atomic E-state index is 0.0904. The number of benzene rings is 2. The summed E-state index contributed by atoms with van der Waals surface area (Å²) >= 11 is 0. The van der Waals surface area contributed by atoms with Crippen molar-refractivity contribution in [2.75, 3.05) is 17.3 Å². The van der Waals surface area contributed by atoms with Crippen molar-refractivity contribution >= 4 is 28.6 Å². The molecule has 2 aromatic heterocycles. The summed E-state index contributed by atoms with van der Waals surface area (Å²) in [6.07, 6.45) is 4.04. The van der Waals surface area contributed by atoms with Gasteiger partial charge in [-0.2, -0.15) is 0 Å². The van der Waals surface area contributed by atoms with Crippen LogP contribution in [0.4, 0.5) is 17.1 Å². The van der Waals surface area contributed by atoms with E-state index in [9.17, 15) is 4.79 Å². The summed E-state index contributed by atoms with van der Waals surface area (Å²) in [5.74, 6) is -0.0904. The zero-order valence-electron chi connectivity index (χ0n) is 15.0. The number of imidazole rings is 1. The first-order chi connectivity index (χ1) is 13.2. The van der Waals surface area contributed by atoms with Gasteiger partial charge in [-0.25, -0.2) is 4.98 Å². The van der Waals surface area contributed by atoms with E-state index >= 15 is 0 Å². The number of anilines is 3. The van der Waals surface area contributed by atoms with E-state index in [0.717, 1.165) is 28.4 Å². The number of aromatic nitrogens is 2. The lowest BCUT2D eigenvalue weighted by atomic mass is 10.2. The van der Waals surface area contributed by atoms with Crippen LogP contribution in [-0.4, -0.2) is 22.3 Å². The first kappa shape index (κ1) is 16.8. The maximum absolute atomic E-state index is 12.6. The van der Waals surface area contributed by atoms with Gasteiger partial charge in [-0.05, 0) is 36.4 Å². The number of para-hydroxylation sites is 3. The Bertz CT molecular complexity index is 1040. The Hall–Kier alpha value is -3.60. The van der Waals surface area contributed by atoms with Gasteiger partial charge in [0.2, 0.25) is 5.91 Å². The summed E-state index contributed by atoms with van der Waals surface area (Å²) in [7, 11) is 1.99. The van der Waals surface area contributed by atoms with E-state index in [1.807, 2.05) is 96.6 Å². The third-order valence-corrected chi connectivity index (χ3v) is 4.44. The zero-order valence-corrected chi connectivity index (χ0v) is 15.0. The number of pyridine rings is 1. The highest BCUT2D eigenvalue weighted by Gasteiger charge is 2.13. The quantitative estimate of drug-likeness (QED) is 0.580. The van der Waals surface area contributed by atoms with E-state index in [-0.39, 0.29) is 12.3 Å². The third kappa shape index (κ3) is 3.67. The van der Waals surface area contributed by atoms with Crippen molar-refractivity contribution in [1.82, 2.24) is 9.38 Å². The van der Waals surface area contributed by atoms with Gasteiger partial charge in [0.1, 0.15) is 5.65 Å². The second-order valence-corrected chi connectivity index (χ2v) is 6.34. The largest absolute Gasteiger partial charge is 0.343 e. The van der Waals surface area contributed by atoms with Crippen molar-refractivity contribution in [1.29, 1.82) is 0 Å². The molecule has 0 aliphatic heterocycles. The van der Waals surface area contributed by atoms with Crippen LogP contribution in [0.2, 0.25) is 0 Å². The van der Waals surface area contributed by atoms with Crippen molar-refractivity contribution < 1.29 is 4.79 Å². The summed E-state index contributed by atoms with van der Waals surface area (Å²) < 4.78 is 1.92. The van der Waals surface area contributed by atoms with E-state index in [0.29, 0.717) is 0 Å². The van der Waals surface area contributed by atoms with Gasteiger partial charge in [-0.15, -0.1) is 0 Å². The Labute approximate surface area is 157 Å². The topological polar surface area (TPSA) is 49.6 Å². The normalized spacial score (nSPS) is 10.7. The molecule has 0 radical (unpaired) electrons. The number of nitrogens with one attached hydrogen (secondary N) is 1. The monoisotopic (exact) mass is 356 g/mol. The first-order valence-electron chi connectivity index (χ1n) is 8.81. The zero-order chi connectivity index (χ0) is 18.6. The second-order valence-electron chi connectivity index (χ2n) is 6.34. The van der Waals surface area contributed by atoms with Gasteiger partial charge in [0.15, 0.2) is 0 Å². The summed E-state index contributed by atoms with van der Waals surface area (Å²) in [4.78, 5) is 19.1. The average Bonchev–Trinajstić information content (AvgIpc) is 3.10. The van der Waals surface area contributed by atoms with Gasteiger partial charge in [0.05, 0.1) is 23.5 Å². The lowest BCUT2D eigenvalue weighted by Crippen LogP contribution is -2.18. The molecule has 1 amide bonds. The molecule has 0 aliphatic carbocycles. The highest BCUT2D eigenvalue weighted by molar-refractivity contribution is 5.96. The smallest absolute Gasteiger partial charge is 0.230 e. The molecule has 134 valence electrons. The van der Waals surface area contributed by atoms with E-state index in [4.69, 9.17) is 0 Å². The number of hydrogen-bond acceptors (Lipinski definition) is 3. The molecule has 0 fully saturated rings.